The Hall–Kier alpha value is -2.92. The second-order valence-electron chi connectivity index (χ2n) is 8.00. The summed E-state index contributed by atoms with van der Waals surface area (Å²) in [7, 11) is 0. The minimum absolute atomic E-state index is 0.211. The Kier molecular flexibility index (Phi) is 6.43. The van der Waals surface area contributed by atoms with Gasteiger partial charge in [0.15, 0.2) is 11.7 Å². The lowest BCUT2D eigenvalue weighted by atomic mass is 9.96. The van der Waals surface area contributed by atoms with Crippen molar-refractivity contribution in [3.05, 3.63) is 74.9 Å². The first-order valence-electron chi connectivity index (χ1n) is 10.1. The van der Waals surface area contributed by atoms with Gasteiger partial charge in [0.2, 0.25) is 0 Å². The number of aromatic nitrogens is 2. The predicted molar refractivity (Wildman–Crippen MR) is 119 cm³/mol. The van der Waals surface area contributed by atoms with E-state index >= 15 is 0 Å². The highest BCUT2D eigenvalue weighted by Gasteiger charge is 2.48. The van der Waals surface area contributed by atoms with Crippen LogP contribution in [0.3, 0.4) is 0 Å². The predicted octanol–water partition coefficient (Wildman–Crippen LogP) is 7.43. The topological polar surface area (TPSA) is 59.0 Å². The average molecular weight is 537 g/mol. The van der Waals surface area contributed by atoms with Crippen molar-refractivity contribution in [1.29, 1.82) is 0 Å². The summed E-state index contributed by atoms with van der Waals surface area (Å²) >= 11 is 12.2. The van der Waals surface area contributed by atoms with Crippen LogP contribution in [-0.2, 0) is 6.18 Å². The van der Waals surface area contributed by atoms with E-state index in [9.17, 15) is 31.1 Å². The maximum atomic E-state index is 13.9. The monoisotopic (exact) mass is 536 g/mol. The Morgan fingerprint density at radius 3 is 2.34 bits per heavy atom. The van der Waals surface area contributed by atoms with E-state index in [2.05, 4.69) is 15.7 Å². The standard InChI is InChI=1S/C22H16Cl2F6N4O/c1-10-2-4-11(5-3-10)14-9-16(22(28,29)30)34-19(31-14)17(24)18(33-34)20(35)32-15-8-12(21(25,26)27)6-7-13(15)23/h2-8,14,16,31H,9H2,1H3,(H,32,35)/t14-,16-/m1/s1. The van der Waals surface area contributed by atoms with Gasteiger partial charge in [-0.2, -0.15) is 31.4 Å². The van der Waals surface area contributed by atoms with Crippen molar-refractivity contribution in [2.45, 2.75) is 37.8 Å². The van der Waals surface area contributed by atoms with Gasteiger partial charge in [-0.1, -0.05) is 53.0 Å². The van der Waals surface area contributed by atoms with Gasteiger partial charge in [0.05, 0.1) is 22.3 Å². The minimum atomic E-state index is -4.72. The third-order valence-electron chi connectivity index (χ3n) is 5.53. The van der Waals surface area contributed by atoms with Crippen molar-refractivity contribution in [2.75, 3.05) is 10.6 Å². The van der Waals surface area contributed by atoms with Crippen LogP contribution in [0.15, 0.2) is 42.5 Å². The molecule has 186 valence electrons. The second kappa shape index (κ2) is 8.94. The van der Waals surface area contributed by atoms with E-state index in [1.54, 1.807) is 24.3 Å². The van der Waals surface area contributed by atoms with Gasteiger partial charge in [-0.15, -0.1) is 0 Å². The summed E-state index contributed by atoms with van der Waals surface area (Å²) in [5, 5.41) is 8.19. The second-order valence-corrected chi connectivity index (χ2v) is 8.79. The molecule has 35 heavy (non-hydrogen) atoms. The zero-order chi connectivity index (χ0) is 25.7. The van der Waals surface area contributed by atoms with Crippen molar-refractivity contribution >= 4 is 40.6 Å². The summed E-state index contributed by atoms with van der Waals surface area (Å²) < 4.78 is 81.4. The normalized spacial score (nSPS) is 18.1. The molecule has 3 aromatic rings. The minimum Gasteiger partial charge on any atom is -0.362 e. The Labute approximate surface area is 205 Å². The highest BCUT2D eigenvalue weighted by molar-refractivity contribution is 6.37. The van der Waals surface area contributed by atoms with Gasteiger partial charge in [0.1, 0.15) is 10.8 Å². The molecule has 0 saturated carbocycles. The van der Waals surface area contributed by atoms with Crippen LogP contribution in [-0.4, -0.2) is 21.9 Å². The molecule has 2 atom stereocenters. The molecule has 0 saturated heterocycles. The Morgan fingerprint density at radius 2 is 1.74 bits per heavy atom. The van der Waals surface area contributed by atoms with Crippen LogP contribution in [0.5, 0.6) is 0 Å². The van der Waals surface area contributed by atoms with Gasteiger partial charge < -0.3 is 10.6 Å². The summed E-state index contributed by atoms with van der Waals surface area (Å²) in [6.07, 6.45) is -9.84. The van der Waals surface area contributed by atoms with Crippen LogP contribution in [0, 0.1) is 6.92 Å². The van der Waals surface area contributed by atoms with E-state index in [1.165, 1.54) is 0 Å². The summed E-state index contributed by atoms with van der Waals surface area (Å²) in [5.74, 6) is -1.35. The van der Waals surface area contributed by atoms with Crippen molar-refractivity contribution in [3.63, 3.8) is 0 Å². The SMILES string of the molecule is Cc1ccc([C@H]2C[C@H](C(F)(F)F)n3nc(C(=O)Nc4cc(C(F)(F)F)ccc4Cl)c(Cl)c3N2)cc1. The molecule has 1 aromatic heterocycles. The first-order valence-corrected chi connectivity index (χ1v) is 10.9. The molecular formula is C22H16Cl2F6N4O. The number of alkyl halides is 6. The van der Waals surface area contributed by atoms with E-state index in [1.807, 2.05) is 6.92 Å². The molecule has 0 fully saturated rings. The number of hydrogen-bond donors (Lipinski definition) is 2. The van der Waals surface area contributed by atoms with Gasteiger partial charge in [0.25, 0.3) is 5.91 Å². The number of nitrogens with zero attached hydrogens (tertiary/aromatic N) is 2. The molecule has 1 aliphatic heterocycles. The lowest BCUT2D eigenvalue weighted by Gasteiger charge is -2.33. The van der Waals surface area contributed by atoms with E-state index in [-0.39, 0.29) is 10.8 Å². The van der Waals surface area contributed by atoms with Crippen LogP contribution in [0.1, 0.15) is 45.7 Å². The number of carbonyl (C=O) groups excluding carboxylic acids is 1. The van der Waals surface area contributed by atoms with Crippen LogP contribution >= 0.6 is 23.2 Å². The van der Waals surface area contributed by atoms with E-state index < -0.39 is 58.7 Å². The Morgan fingerprint density at radius 1 is 1.09 bits per heavy atom. The number of amides is 1. The lowest BCUT2D eigenvalue weighted by molar-refractivity contribution is -0.173. The maximum absolute atomic E-state index is 13.9. The number of fused-ring (bicyclic) bond motifs is 1. The molecule has 1 amide bonds. The molecule has 0 aliphatic carbocycles. The van der Waals surface area contributed by atoms with Crippen molar-refractivity contribution in [2.24, 2.45) is 0 Å². The molecule has 0 unspecified atom stereocenters. The number of aryl methyl sites for hydroxylation is 1. The van der Waals surface area contributed by atoms with E-state index in [4.69, 9.17) is 23.2 Å². The molecular weight excluding hydrogens is 521 g/mol. The van der Waals surface area contributed by atoms with Gasteiger partial charge in [-0.25, -0.2) is 4.68 Å². The average Bonchev–Trinajstić information content (AvgIpc) is 3.10. The number of anilines is 2. The van der Waals surface area contributed by atoms with Crippen LogP contribution in [0.4, 0.5) is 37.8 Å². The molecule has 0 radical (unpaired) electrons. The quantitative estimate of drug-likeness (QED) is 0.342. The zero-order valence-electron chi connectivity index (χ0n) is 17.7. The zero-order valence-corrected chi connectivity index (χ0v) is 19.2. The van der Waals surface area contributed by atoms with Gasteiger partial charge >= 0.3 is 12.4 Å². The molecule has 0 spiro atoms. The third-order valence-corrected chi connectivity index (χ3v) is 6.22. The number of hydrogen-bond acceptors (Lipinski definition) is 3. The summed E-state index contributed by atoms with van der Waals surface area (Å²) in [6.45, 7) is 1.84. The van der Waals surface area contributed by atoms with Gasteiger partial charge in [-0.3, -0.25) is 4.79 Å². The van der Waals surface area contributed by atoms with Crippen molar-refractivity contribution in [3.8, 4) is 0 Å². The molecule has 13 heteroatoms. The lowest BCUT2D eigenvalue weighted by Crippen LogP contribution is -2.35. The van der Waals surface area contributed by atoms with E-state index in [0.29, 0.717) is 16.3 Å². The number of benzene rings is 2. The number of nitrogens with one attached hydrogen (secondary N) is 2. The first kappa shape index (κ1) is 25.2. The van der Waals surface area contributed by atoms with Crippen molar-refractivity contribution < 1.29 is 31.1 Å². The maximum Gasteiger partial charge on any atom is 0.416 e. The van der Waals surface area contributed by atoms with E-state index in [0.717, 1.165) is 17.7 Å². The molecule has 2 N–H and O–H groups in total. The largest absolute Gasteiger partial charge is 0.416 e. The van der Waals surface area contributed by atoms with Crippen LogP contribution in [0.25, 0.3) is 0 Å². The fourth-order valence-corrected chi connectivity index (χ4v) is 4.16. The van der Waals surface area contributed by atoms with Crippen molar-refractivity contribution in [1.82, 2.24) is 9.78 Å². The Balaban J connectivity index is 1.70. The molecule has 0 bridgehead atoms. The summed E-state index contributed by atoms with van der Waals surface area (Å²) in [6, 6.07) is 6.27. The fraction of sp³-hybridized carbons (Fsp3) is 0.273. The number of halogens is 8. The Bertz CT molecular complexity index is 1270. The van der Waals surface area contributed by atoms with Crippen LogP contribution in [0.2, 0.25) is 10.0 Å². The van der Waals surface area contributed by atoms with Gasteiger partial charge in [0, 0.05) is 6.42 Å². The number of carbonyl (C=O) groups is 1. The smallest absolute Gasteiger partial charge is 0.362 e. The highest BCUT2D eigenvalue weighted by atomic mass is 35.5. The first-order chi connectivity index (χ1) is 16.3. The third kappa shape index (κ3) is 5.06. The molecule has 2 heterocycles. The molecule has 1 aliphatic rings. The summed E-state index contributed by atoms with van der Waals surface area (Å²) in [4.78, 5) is 12.8. The van der Waals surface area contributed by atoms with Crippen LogP contribution < -0.4 is 10.6 Å². The fourth-order valence-electron chi connectivity index (χ4n) is 3.73. The molecule has 5 nitrogen and oxygen atoms in total. The summed E-state index contributed by atoms with van der Waals surface area (Å²) in [5.41, 5.74) is -0.567. The molecule has 2 aromatic carbocycles. The van der Waals surface area contributed by atoms with Gasteiger partial charge in [-0.05, 0) is 30.7 Å². The number of rotatable bonds is 3. The highest BCUT2D eigenvalue weighted by Crippen LogP contribution is 2.46. The molecule has 4 rings (SSSR count).